The maximum atomic E-state index is 5.31. The first-order chi connectivity index (χ1) is 5.75. The summed E-state index contributed by atoms with van der Waals surface area (Å²) in [6.07, 6.45) is 1.56. The molecule has 6 nitrogen and oxygen atoms in total. The minimum absolute atomic E-state index is 0.194. The maximum Gasteiger partial charge on any atom is 0.239 e. The number of nitrogens with two attached hydrogens (primary N) is 1. The predicted molar refractivity (Wildman–Crippen MR) is 41.0 cm³/mol. The number of rotatable bonds is 1. The largest absolute Gasteiger partial charge is 0.438 e. The van der Waals surface area contributed by atoms with Gasteiger partial charge in [-0.2, -0.15) is 4.98 Å². The molecule has 0 aliphatic heterocycles. The molecule has 6 heteroatoms. The summed E-state index contributed by atoms with van der Waals surface area (Å²) in [5, 5.41) is 6.27. The minimum atomic E-state index is 0.194. The quantitative estimate of drug-likeness (QED) is 0.635. The Hall–Kier alpha value is -1.85. The van der Waals surface area contributed by atoms with E-state index in [1.807, 2.05) is 0 Å². The molecule has 62 valence electrons. The van der Waals surface area contributed by atoms with Crippen molar-refractivity contribution in [3.63, 3.8) is 0 Å². The number of nitrogen functional groups attached to an aromatic ring is 1. The van der Waals surface area contributed by atoms with Gasteiger partial charge in [0, 0.05) is 6.92 Å². The molecule has 2 rings (SSSR count). The zero-order valence-corrected chi connectivity index (χ0v) is 6.40. The molecule has 0 aromatic carbocycles. The van der Waals surface area contributed by atoms with Gasteiger partial charge in [0.05, 0.1) is 6.20 Å². The molecule has 0 unspecified atom stereocenters. The van der Waals surface area contributed by atoms with Crippen molar-refractivity contribution in [3.05, 3.63) is 12.1 Å². The number of H-pyrrole nitrogens is 1. The molecule has 2 heterocycles. The van der Waals surface area contributed by atoms with Gasteiger partial charge in [0.25, 0.3) is 0 Å². The molecule has 0 saturated carbocycles. The van der Waals surface area contributed by atoms with Crippen molar-refractivity contribution in [1.82, 2.24) is 20.2 Å². The van der Waals surface area contributed by atoms with Crippen LogP contribution in [0.3, 0.4) is 0 Å². The average molecular weight is 165 g/mol. The van der Waals surface area contributed by atoms with E-state index in [2.05, 4.69) is 20.2 Å². The Morgan fingerprint density at radius 1 is 1.58 bits per heavy atom. The monoisotopic (exact) mass is 165 g/mol. The van der Waals surface area contributed by atoms with E-state index in [0.717, 1.165) is 0 Å². The Morgan fingerprint density at radius 2 is 2.42 bits per heavy atom. The van der Waals surface area contributed by atoms with E-state index in [0.29, 0.717) is 17.5 Å². The SMILES string of the molecule is Cc1ncc(-c2nc(N)n[nH]2)o1. The number of nitrogens with one attached hydrogen (secondary N) is 1. The summed E-state index contributed by atoms with van der Waals surface area (Å²) in [5.74, 6) is 1.81. The molecule has 0 bridgehead atoms. The van der Waals surface area contributed by atoms with Gasteiger partial charge in [0.15, 0.2) is 17.5 Å². The van der Waals surface area contributed by atoms with Crippen LogP contribution in [0.5, 0.6) is 0 Å². The number of aromatic nitrogens is 4. The van der Waals surface area contributed by atoms with Gasteiger partial charge >= 0.3 is 0 Å². The molecule has 0 atom stereocenters. The van der Waals surface area contributed by atoms with Gasteiger partial charge in [-0.15, -0.1) is 5.10 Å². The van der Waals surface area contributed by atoms with Crippen molar-refractivity contribution in [2.75, 3.05) is 5.73 Å². The van der Waals surface area contributed by atoms with E-state index in [-0.39, 0.29) is 5.95 Å². The lowest BCUT2D eigenvalue weighted by atomic mass is 10.5. The first-order valence-corrected chi connectivity index (χ1v) is 3.36. The first kappa shape index (κ1) is 6.84. The van der Waals surface area contributed by atoms with Gasteiger partial charge in [-0.3, -0.25) is 5.10 Å². The van der Waals surface area contributed by atoms with Crippen LogP contribution in [-0.4, -0.2) is 20.2 Å². The topological polar surface area (TPSA) is 93.6 Å². The highest BCUT2D eigenvalue weighted by Gasteiger charge is 2.07. The van der Waals surface area contributed by atoms with Crippen molar-refractivity contribution < 1.29 is 4.42 Å². The number of nitrogens with zero attached hydrogens (tertiary/aromatic N) is 3. The summed E-state index contributed by atoms with van der Waals surface area (Å²) in [6.45, 7) is 1.75. The fourth-order valence-electron chi connectivity index (χ4n) is 0.856. The molecule has 0 spiro atoms. The zero-order chi connectivity index (χ0) is 8.55. The van der Waals surface area contributed by atoms with E-state index >= 15 is 0 Å². The van der Waals surface area contributed by atoms with Crippen LogP contribution in [0, 0.1) is 6.92 Å². The van der Waals surface area contributed by atoms with Crippen molar-refractivity contribution in [2.24, 2.45) is 0 Å². The number of aryl methyl sites for hydroxylation is 1. The van der Waals surface area contributed by atoms with Crippen molar-refractivity contribution >= 4 is 5.95 Å². The molecule has 0 radical (unpaired) electrons. The van der Waals surface area contributed by atoms with Crippen LogP contribution in [0.1, 0.15) is 5.89 Å². The van der Waals surface area contributed by atoms with Crippen molar-refractivity contribution in [1.29, 1.82) is 0 Å². The third-order valence-corrected chi connectivity index (χ3v) is 1.36. The molecule has 2 aromatic heterocycles. The summed E-state index contributed by atoms with van der Waals surface area (Å²) >= 11 is 0. The number of hydrogen-bond donors (Lipinski definition) is 2. The maximum absolute atomic E-state index is 5.31. The summed E-state index contributed by atoms with van der Waals surface area (Å²) in [6, 6.07) is 0. The molecular weight excluding hydrogens is 158 g/mol. The van der Waals surface area contributed by atoms with Crippen LogP contribution in [0.15, 0.2) is 10.6 Å². The molecule has 0 saturated heterocycles. The first-order valence-electron chi connectivity index (χ1n) is 3.36. The third kappa shape index (κ3) is 1.03. The summed E-state index contributed by atoms with van der Waals surface area (Å²) < 4.78 is 5.18. The van der Waals surface area contributed by atoms with Crippen LogP contribution < -0.4 is 5.73 Å². The molecule has 12 heavy (non-hydrogen) atoms. The molecule has 0 amide bonds. The Bertz CT molecular complexity index is 352. The third-order valence-electron chi connectivity index (χ3n) is 1.36. The fourth-order valence-corrected chi connectivity index (χ4v) is 0.856. The Balaban J connectivity index is 2.43. The summed E-state index contributed by atoms with van der Waals surface area (Å²) in [4.78, 5) is 7.78. The predicted octanol–water partition coefficient (Wildman–Crippen LogP) is 0.350. The highest BCUT2D eigenvalue weighted by molar-refractivity contribution is 5.45. The van der Waals surface area contributed by atoms with Gasteiger partial charge in [-0.05, 0) is 0 Å². The van der Waals surface area contributed by atoms with Gasteiger partial charge < -0.3 is 10.2 Å². The van der Waals surface area contributed by atoms with E-state index in [1.165, 1.54) is 0 Å². The second-order valence-corrected chi connectivity index (χ2v) is 2.29. The van der Waals surface area contributed by atoms with E-state index in [4.69, 9.17) is 10.2 Å². The van der Waals surface area contributed by atoms with Crippen molar-refractivity contribution in [3.8, 4) is 11.6 Å². The molecule has 3 N–H and O–H groups in total. The minimum Gasteiger partial charge on any atom is -0.438 e. The van der Waals surface area contributed by atoms with E-state index in [9.17, 15) is 0 Å². The lowest BCUT2D eigenvalue weighted by Gasteiger charge is -1.83. The van der Waals surface area contributed by atoms with Gasteiger partial charge in [0.1, 0.15) is 0 Å². The van der Waals surface area contributed by atoms with Crippen molar-refractivity contribution in [2.45, 2.75) is 6.92 Å². The number of hydrogen-bond acceptors (Lipinski definition) is 5. The van der Waals surface area contributed by atoms with Crippen LogP contribution in [0.4, 0.5) is 5.95 Å². The molecule has 2 aromatic rings. The standard InChI is InChI=1S/C6H7N5O/c1-3-8-2-4(12-3)5-9-6(7)11-10-5/h2H,1H3,(H3,7,9,10,11). The molecule has 0 aliphatic carbocycles. The number of aromatic amines is 1. The molecular formula is C6H7N5O. The molecule has 0 fully saturated rings. The summed E-state index contributed by atoms with van der Waals surface area (Å²) in [5.41, 5.74) is 5.31. The number of oxazole rings is 1. The fraction of sp³-hybridized carbons (Fsp3) is 0.167. The summed E-state index contributed by atoms with van der Waals surface area (Å²) in [7, 11) is 0. The smallest absolute Gasteiger partial charge is 0.239 e. The lowest BCUT2D eigenvalue weighted by molar-refractivity contribution is 0.531. The Labute approximate surface area is 67.8 Å². The normalized spacial score (nSPS) is 10.4. The lowest BCUT2D eigenvalue weighted by Crippen LogP contribution is -1.85. The van der Waals surface area contributed by atoms with Gasteiger partial charge in [0.2, 0.25) is 5.95 Å². The van der Waals surface area contributed by atoms with Gasteiger partial charge in [-0.25, -0.2) is 4.98 Å². The second-order valence-electron chi connectivity index (χ2n) is 2.29. The average Bonchev–Trinajstić information content (AvgIpc) is 2.58. The van der Waals surface area contributed by atoms with Crippen LogP contribution in [0.2, 0.25) is 0 Å². The second kappa shape index (κ2) is 2.33. The highest BCUT2D eigenvalue weighted by atomic mass is 16.4. The van der Waals surface area contributed by atoms with Crippen LogP contribution >= 0.6 is 0 Å². The Morgan fingerprint density at radius 3 is 2.92 bits per heavy atom. The van der Waals surface area contributed by atoms with Crippen LogP contribution in [-0.2, 0) is 0 Å². The van der Waals surface area contributed by atoms with E-state index in [1.54, 1.807) is 13.1 Å². The van der Waals surface area contributed by atoms with Gasteiger partial charge in [-0.1, -0.05) is 0 Å². The highest BCUT2D eigenvalue weighted by Crippen LogP contribution is 2.15. The van der Waals surface area contributed by atoms with E-state index < -0.39 is 0 Å². The van der Waals surface area contributed by atoms with Crippen LogP contribution in [0.25, 0.3) is 11.6 Å². The molecule has 0 aliphatic rings. The number of anilines is 1. The zero-order valence-electron chi connectivity index (χ0n) is 6.40. The Kier molecular flexibility index (Phi) is 1.33.